The molecule has 1 saturated carbocycles. The molecule has 1 fully saturated rings. The standard InChI is InChI=1S/C16H19ClN2O2/c1-11-5-7-16(10-18,8-6-11)19-15(20)13-4-3-12(17)9-14(13)21-2/h3-4,9,11H,5-8H2,1-2H3,(H,19,20). The molecule has 4 nitrogen and oxygen atoms in total. The fourth-order valence-corrected chi connectivity index (χ4v) is 2.82. The van der Waals surface area contributed by atoms with Crippen LogP contribution in [0.1, 0.15) is 43.0 Å². The van der Waals surface area contributed by atoms with Crippen LogP contribution < -0.4 is 10.1 Å². The Kier molecular flexibility index (Phi) is 4.74. The van der Waals surface area contributed by atoms with Crippen LogP contribution in [0.3, 0.4) is 0 Å². The molecule has 1 aliphatic rings. The lowest BCUT2D eigenvalue weighted by molar-refractivity contribution is 0.0891. The first-order valence-corrected chi connectivity index (χ1v) is 7.45. The molecule has 0 spiro atoms. The van der Waals surface area contributed by atoms with E-state index in [1.165, 1.54) is 7.11 Å². The number of rotatable bonds is 3. The highest BCUT2D eigenvalue weighted by molar-refractivity contribution is 6.30. The summed E-state index contributed by atoms with van der Waals surface area (Å²) in [6, 6.07) is 7.14. The number of amides is 1. The molecule has 0 atom stereocenters. The van der Waals surface area contributed by atoms with Gasteiger partial charge in [0, 0.05) is 5.02 Å². The van der Waals surface area contributed by atoms with E-state index in [9.17, 15) is 10.1 Å². The molecular formula is C16H19ClN2O2. The zero-order valence-corrected chi connectivity index (χ0v) is 13.0. The van der Waals surface area contributed by atoms with Gasteiger partial charge in [-0.15, -0.1) is 0 Å². The van der Waals surface area contributed by atoms with E-state index in [2.05, 4.69) is 18.3 Å². The number of hydrogen-bond acceptors (Lipinski definition) is 3. The summed E-state index contributed by atoms with van der Waals surface area (Å²) in [4.78, 5) is 12.5. The predicted molar refractivity (Wildman–Crippen MR) is 81.4 cm³/mol. The normalized spacial score (nSPS) is 25.0. The molecule has 112 valence electrons. The van der Waals surface area contributed by atoms with Crippen LogP contribution in [0.4, 0.5) is 0 Å². The van der Waals surface area contributed by atoms with E-state index in [4.69, 9.17) is 16.3 Å². The SMILES string of the molecule is COc1cc(Cl)ccc1C(=O)NC1(C#N)CCC(C)CC1. The Morgan fingerprint density at radius 1 is 1.48 bits per heavy atom. The first-order valence-electron chi connectivity index (χ1n) is 7.07. The summed E-state index contributed by atoms with van der Waals surface area (Å²) in [5.74, 6) is 0.727. The molecule has 21 heavy (non-hydrogen) atoms. The molecule has 1 amide bonds. The molecule has 0 aliphatic heterocycles. The van der Waals surface area contributed by atoms with E-state index in [0.717, 1.165) is 12.8 Å². The third-order valence-corrected chi connectivity index (χ3v) is 4.34. The summed E-state index contributed by atoms with van der Waals surface area (Å²) in [7, 11) is 1.49. The monoisotopic (exact) mass is 306 g/mol. The van der Waals surface area contributed by atoms with Crippen LogP contribution in [0, 0.1) is 17.2 Å². The Balaban J connectivity index is 2.19. The molecule has 1 aromatic rings. The quantitative estimate of drug-likeness (QED) is 0.929. The van der Waals surface area contributed by atoms with Crippen LogP contribution in [0.5, 0.6) is 5.75 Å². The third kappa shape index (κ3) is 3.48. The topological polar surface area (TPSA) is 62.1 Å². The van der Waals surface area contributed by atoms with Gasteiger partial charge in [-0.25, -0.2) is 0 Å². The van der Waals surface area contributed by atoms with Crippen molar-refractivity contribution >= 4 is 17.5 Å². The average Bonchev–Trinajstić information content (AvgIpc) is 2.49. The maximum Gasteiger partial charge on any atom is 0.256 e. The van der Waals surface area contributed by atoms with E-state index >= 15 is 0 Å². The summed E-state index contributed by atoms with van der Waals surface area (Å²) in [6.45, 7) is 2.17. The predicted octanol–water partition coefficient (Wildman–Crippen LogP) is 3.55. The highest BCUT2D eigenvalue weighted by Crippen LogP contribution is 2.32. The molecular weight excluding hydrogens is 288 g/mol. The highest BCUT2D eigenvalue weighted by atomic mass is 35.5. The summed E-state index contributed by atoms with van der Waals surface area (Å²) >= 11 is 5.90. The van der Waals surface area contributed by atoms with Gasteiger partial charge in [0.2, 0.25) is 0 Å². The van der Waals surface area contributed by atoms with Crippen LogP contribution in [-0.4, -0.2) is 18.6 Å². The first-order chi connectivity index (χ1) is 9.99. The highest BCUT2D eigenvalue weighted by Gasteiger charge is 2.36. The molecule has 5 heteroatoms. The minimum Gasteiger partial charge on any atom is -0.496 e. The number of nitrogens with one attached hydrogen (secondary N) is 1. The second-order valence-corrected chi connectivity index (χ2v) is 6.11. The van der Waals surface area contributed by atoms with Crippen LogP contribution in [0.2, 0.25) is 5.02 Å². The van der Waals surface area contributed by atoms with Crippen LogP contribution in [0.15, 0.2) is 18.2 Å². The number of halogens is 1. The van der Waals surface area contributed by atoms with Gasteiger partial charge >= 0.3 is 0 Å². The molecule has 0 radical (unpaired) electrons. The van der Waals surface area contributed by atoms with Gasteiger partial charge in [0.25, 0.3) is 5.91 Å². The largest absolute Gasteiger partial charge is 0.496 e. The average molecular weight is 307 g/mol. The number of nitriles is 1. The van der Waals surface area contributed by atoms with Crippen molar-refractivity contribution in [3.05, 3.63) is 28.8 Å². The molecule has 0 unspecified atom stereocenters. The molecule has 0 heterocycles. The Morgan fingerprint density at radius 2 is 2.14 bits per heavy atom. The Labute approximate surface area is 130 Å². The molecule has 1 aromatic carbocycles. The lowest BCUT2D eigenvalue weighted by atomic mass is 9.78. The van der Waals surface area contributed by atoms with E-state index in [1.54, 1.807) is 18.2 Å². The van der Waals surface area contributed by atoms with Gasteiger partial charge in [0.05, 0.1) is 18.7 Å². The van der Waals surface area contributed by atoms with Gasteiger partial charge in [-0.3, -0.25) is 4.79 Å². The van der Waals surface area contributed by atoms with Crippen molar-refractivity contribution in [3.8, 4) is 11.8 Å². The van der Waals surface area contributed by atoms with Gasteiger partial charge in [0.15, 0.2) is 0 Å². The van der Waals surface area contributed by atoms with Crippen molar-refractivity contribution in [1.82, 2.24) is 5.32 Å². The van der Waals surface area contributed by atoms with Gasteiger partial charge in [0.1, 0.15) is 11.3 Å². The smallest absolute Gasteiger partial charge is 0.256 e. The molecule has 1 aliphatic carbocycles. The number of ether oxygens (including phenoxy) is 1. The number of carbonyl (C=O) groups is 1. The number of benzene rings is 1. The summed E-state index contributed by atoms with van der Waals surface area (Å²) in [6.07, 6.45) is 3.27. The van der Waals surface area contributed by atoms with Crippen molar-refractivity contribution < 1.29 is 9.53 Å². The van der Waals surface area contributed by atoms with Crippen molar-refractivity contribution in [2.75, 3.05) is 7.11 Å². The van der Waals surface area contributed by atoms with E-state index in [-0.39, 0.29) is 5.91 Å². The molecule has 2 rings (SSSR count). The van der Waals surface area contributed by atoms with Crippen molar-refractivity contribution in [2.24, 2.45) is 5.92 Å². The van der Waals surface area contributed by atoms with Gasteiger partial charge in [-0.05, 0) is 49.8 Å². The van der Waals surface area contributed by atoms with Crippen LogP contribution in [0.25, 0.3) is 0 Å². The maximum absolute atomic E-state index is 12.5. The molecule has 0 saturated heterocycles. The van der Waals surface area contributed by atoms with E-state index in [0.29, 0.717) is 35.1 Å². The zero-order chi connectivity index (χ0) is 15.5. The minimum absolute atomic E-state index is 0.292. The fraction of sp³-hybridized carbons (Fsp3) is 0.500. The van der Waals surface area contributed by atoms with E-state index in [1.807, 2.05) is 0 Å². The number of nitrogens with zero attached hydrogens (tertiary/aromatic N) is 1. The van der Waals surface area contributed by atoms with Gasteiger partial charge < -0.3 is 10.1 Å². The number of hydrogen-bond donors (Lipinski definition) is 1. The lowest BCUT2D eigenvalue weighted by Crippen LogP contribution is -2.49. The third-order valence-electron chi connectivity index (χ3n) is 4.10. The summed E-state index contributed by atoms with van der Waals surface area (Å²) in [5.41, 5.74) is -0.371. The van der Waals surface area contributed by atoms with Gasteiger partial charge in [-0.2, -0.15) is 5.26 Å². The van der Waals surface area contributed by atoms with Crippen LogP contribution >= 0.6 is 11.6 Å². The number of carbonyl (C=O) groups excluding carboxylic acids is 1. The Bertz CT molecular complexity index is 572. The van der Waals surface area contributed by atoms with Crippen molar-refractivity contribution in [1.29, 1.82) is 5.26 Å². The van der Waals surface area contributed by atoms with Crippen molar-refractivity contribution in [3.63, 3.8) is 0 Å². The maximum atomic E-state index is 12.5. The zero-order valence-electron chi connectivity index (χ0n) is 12.3. The molecule has 1 N–H and O–H groups in total. The van der Waals surface area contributed by atoms with Crippen molar-refractivity contribution in [2.45, 2.75) is 38.1 Å². The van der Waals surface area contributed by atoms with Gasteiger partial charge in [-0.1, -0.05) is 18.5 Å². The Hall–Kier alpha value is -1.73. The molecule has 0 aromatic heterocycles. The summed E-state index contributed by atoms with van der Waals surface area (Å²) < 4.78 is 5.19. The first kappa shape index (κ1) is 15.7. The summed E-state index contributed by atoms with van der Waals surface area (Å²) in [5, 5.41) is 12.9. The molecule has 0 bridgehead atoms. The Morgan fingerprint density at radius 3 is 2.71 bits per heavy atom. The lowest BCUT2D eigenvalue weighted by Gasteiger charge is -2.34. The number of methoxy groups -OCH3 is 1. The second kappa shape index (κ2) is 6.36. The van der Waals surface area contributed by atoms with E-state index < -0.39 is 5.54 Å². The fourth-order valence-electron chi connectivity index (χ4n) is 2.66. The minimum atomic E-state index is -0.770. The van der Waals surface area contributed by atoms with Crippen LogP contribution in [-0.2, 0) is 0 Å². The second-order valence-electron chi connectivity index (χ2n) is 5.68.